The van der Waals surface area contributed by atoms with Crippen molar-refractivity contribution in [2.75, 3.05) is 33.9 Å². The van der Waals surface area contributed by atoms with Gasteiger partial charge in [0.15, 0.2) is 0 Å². The van der Waals surface area contributed by atoms with Crippen molar-refractivity contribution in [3.05, 3.63) is 35.4 Å². The lowest BCUT2D eigenvalue weighted by atomic mass is 9.92. The van der Waals surface area contributed by atoms with Crippen molar-refractivity contribution < 1.29 is 14.3 Å². The molecule has 2 aliphatic rings. The number of aryl methyl sites for hydroxylation is 1. The van der Waals surface area contributed by atoms with Crippen molar-refractivity contribution in [3.63, 3.8) is 0 Å². The van der Waals surface area contributed by atoms with Crippen LogP contribution in [0.1, 0.15) is 23.5 Å². The zero-order chi connectivity index (χ0) is 16.4. The van der Waals surface area contributed by atoms with Crippen LogP contribution in [0.25, 0.3) is 0 Å². The summed E-state index contributed by atoms with van der Waals surface area (Å²) in [4.78, 5) is 25.0. The molecule has 5 nitrogen and oxygen atoms in total. The quantitative estimate of drug-likeness (QED) is 0.857. The number of carbonyl (C=O) groups is 2. The number of fused-ring (bicyclic) bond motifs is 3. The Kier molecular flexibility index (Phi) is 4.66. The lowest BCUT2D eigenvalue weighted by Gasteiger charge is -2.16. The molecule has 2 amide bonds. The molecular formula is C18H24N2O3. The first-order valence-corrected chi connectivity index (χ1v) is 8.19. The Labute approximate surface area is 137 Å². The minimum Gasteiger partial charge on any atom is -0.375 e. The van der Waals surface area contributed by atoms with Crippen LogP contribution in [0.5, 0.6) is 0 Å². The van der Waals surface area contributed by atoms with E-state index in [4.69, 9.17) is 4.74 Å². The van der Waals surface area contributed by atoms with E-state index in [-0.39, 0.29) is 25.0 Å². The molecule has 0 saturated heterocycles. The van der Waals surface area contributed by atoms with Gasteiger partial charge in [0.2, 0.25) is 11.8 Å². The van der Waals surface area contributed by atoms with E-state index in [0.717, 1.165) is 6.42 Å². The molecular weight excluding hydrogens is 292 g/mol. The van der Waals surface area contributed by atoms with Gasteiger partial charge in [-0.25, -0.2) is 0 Å². The molecule has 1 N–H and O–H groups in total. The molecule has 1 aromatic rings. The van der Waals surface area contributed by atoms with Crippen LogP contribution in [0, 0.1) is 11.8 Å². The minimum absolute atomic E-state index is 0.00728. The number of carbonyl (C=O) groups excluding carboxylic acids is 2. The van der Waals surface area contributed by atoms with Gasteiger partial charge in [0.25, 0.3) is 0 Å². The fourth-order valence-corrected chi connectivity index (χ4v) is 3.81. The van der Waals surface area contributed by atoms with E-state index in [1.54, 1.807) is 7.05 Å². The lowest BCUT2D eigenvalue weighted by molar-refractivity contribution is -0.137. The predicted octanol–water partition coefficient (Wildman–Crippen LogP) is 1.18. The van der Waals surface area contributed by atoms with E-state index in [1.807, 2.05) is 0 Å². The second-order valence-corrected chi connectivity index (χ2v) is 6.58. The smallest absolute Gasteiger partial charge is 0.248 e. The molecule has 0 aliphatic heterocycles. The van der Waals surface area contributed by atoms with Crippen LogP contribution in [0.4, 0.5) is 0 Å². The molecule has 3 rings (SSSR count). The molecule has 2 aliphatic carbocycles. The zero-order valence-electron chi connectivity index (χ0n) is 13.7. The van der Waals surface area contributed by atoms with Gasteiger partial charge in [-0.05, 0) is 41.7 Å². The second kappa shape index (κ2) is 6.71. The van der Waals surface area contributed by atoms with E-state index < -0.39 is 0 Å². The fraction of sp³-hybridized carbons (Fsp3) is 0.556. The van der Waals surface area contributed by atoms with Gasteiger partial charge in [-0.15, -0.1) is 0 Å². The Bertz CT molecular complexity index is 602. The molecule has 0 radical (unpaired) electrons. The van der Waals surface area contributed by atoms with Gasteiger partial charge in [-0.2, -0.15) is 0 Å². The molecule has 124 valence electrons. The number of amides is 2. The standard InChI is InChI=1S/C18H24N2O3/c1-20(17(22)11-23-2)10-16(21)19-9-15-14-8-7-12-5-3-4-6-13(12)18(14)15/h3-6,14-15,18H,7-11H2,1-2H3,(H,19,21). The Hall–Kier alpha value is -1.88. The van der Waals surface area contributed by atoms with E-state index in [2.05, 4.69) is 29.6 Å². The lowest BCUT2D eigenvalue weighted by Crippen LogP contribution is -2.40. The average molecular weight is 316 g/mol. The van der Waals surface area contributed by atoms with E-state index in [9.17, 15) is 9.59 Å². The summed E-state index contributed by atoms with van der Waals surface area (Å²) < 4.78 is 4.79. The van der Waals surface area contributed by atoms with Crippen LogP contribution < -0.4 is 5.32 Å². The maximum Gasteiger partial charge on any atom is 0.248 e. The number of ether oxygens (including phenoxy) is 1. The number of hydrogen-bond donors (Lipinski definition) is 1. The number of rotatable bonds is 6. The first kappa shape index (κ1) is 16.0. The van der Waals surface area contributed by atoms with Crippen LogP contribution in [0.15, 0.2) is 24.3 Å². The summed E-state index contributed by atoms with van der Waals surface area (Å²) in [5.41, 5.74) is 2.93. The molecule has 0 bridgehead atoms. The van der Waals surface area contributed by atoms with Crippen LogP contribution >= 0.6 is 0 Å². The van der Waals surface area contributed by atoms with Crippen molar-refractivity contribution in [2.45, 2.75) is 18.8 Å². The van der Waals surface area contributed by atoms with Crippen LogP contribution in [0.3, 0.4) is 0 Å². The normalized spacial score (nSPS) is 24.3. The van der Waals surface area contributed by atoms with Crippen LogP contribution in [-0.4, -0.2) is 50.6 Å². The van der Waals surface area contributed by atoms with E-state index in [1.165, 1.54) is 29.6 Å². The SMILES string of the molecule is COCC(=O)N(C)CC(=O)NCC1C2CCc3ccccc3C21. The van der Waals surface area contributed by atoms with Gasteiger partial charge in [-0.3, -0.25) is 9.59 Å². The van der Waals surface area contributed by atoms with Crippen molar-refractivity contribution in [1.82, 2.24) is 10.2 Å². The molecule has 1 saturated carbocycles. The minimum atomic E-state index is -0.184. The summed E-state index contributed by atoms with van der Waals surface area (Å²) in [6, 6.07) is 8.65. The maximum atomic E-state index is 12.0. The molecule has 0 spiro atoms. The van der Waals surface area contributed by atoms with E-state index >= 15 is 0 Å². The van der Waals surface area contributed by atoms with Gasteiger partial charge in [0.1, 0.15) is 6.61 Å². The van der Waals surface area contributed by atoms with Crippen molar-refractivity contribution in [3.8, 4) is 0 Å². The third-order valence-corrected chi connectivity index (χ3v) is 5.10. The molecule has 3 atom stereocenters. The highest BCUT2D eigenvalue weighted by molar-refractivity contribution is 5.85. The first-order valence-electron chi connectivity index (χ1n) is 8.19. The molecule has 0 heterocycles. The summed E-state index contributed by atoms with van der Waals surface area (Å²) in [5.74, 6) is 1.57. The Morgan fingerprint density at radius 3 is 2.91 bits per heavy atom. The summed E-state index contributed by atoms with van der Waals surface area (Å²) in [7, 11) is 3.09. The largest absolute Gasteiger partial charge is 0.375 e. The number of likely N-dealkylation sites (N-methyl/N-ethyl adjacent to an activating group) is 1. The Morgan fingerprint density at radius 1 is 1.35 bits per heavy atom. The molecule has 5 heteroatoms. The topological polar surface area (TPSA) is 58.6 Å². The third-order valence-electron chi connectivity index (χ3n) is 5.10. The fourth-order valence-electron chi connectivity index (χ4n) is 3.81. The molecule has 1 fully saturated rings. The molecule has 23 heavy (non-hydrogen) atoms. The number of nitrogens with one attached hydrogen (secondary N) is 1. The predicted molar refractivity (Wildman–Crippen MR) is 87.0 cm³/mol. The van der Waals surface area contributed by atoms with Crippen LogP contribution in [-0.2, 0) is 20.7 Å². The number of hydrogen-bond acceptors (Lipinski definition) is 3. The van der Waals surface area contributed by atoms with Gasteiger partial charge in [0, 0.05) is 20.7 Å². The van der Waals surface area contributed by atoms with Gasteiger partial charge < -0.3 is 15.0 Å². The van der Waals surface area contributed by atoms with Gasteiger partial charge >= 0.3 is 0 Å². The van der Waals surface area contributed by atoms with Crippen LogP contribution in [0.2, 0.25) is 0 Å². The summed E-state index contributed by atoms with van der Waals surface area (Å²) in [6.45, 7) is 0.795. The molecule has 0 aromatic heterocycles. The molecule has 1 aromatic carbocycles. The monoisotopic (exact) mass is 316 g/mol. The third kappa shape index (κ3) is 3.39. The summed E-state index contributed by atoms with van der Waals surface area (Å²) in [5, 5.41) is 2.99. The zero-order valence-corrected chi connectivity index (χ0v) is 13.7. The van der Waals surface area contributed by atoms with Crippen molar-refractivity contribution in [1.29, 1.82) is 0 Å². The number of methoxy groups -OCH3 is 1. The second-order valence-electron chi connectivity index (χ2n) is 6.58. The molecule has 3 unspecified atom stereocenters. The van der Waals surface area contributed by atoms with Crippen molar-refractivity contribution >= 4 is 11.8 Å². The highest BCUT2D eigenvalue weighted by atomic mass is 16.5. The van der Waals surface area contributed by atoms with Crippen molar-refractivity contribution in [2.24, 2.45) is 11.8 Å². The summed E-state index contributed by atoms with van der Waals surface area (Å²) >= 11 is 0. The Balaban J connectivity index is 1.47. The highest BCUT2D eigenvalue weighted by Gasteiger charge is 2.52. The summed E-state index contributed by atoms with van der Waals surface area (Å²) in [6.07, 6.45) is 2.37. The maximum absolute atomic E-state index is 12.0. The van der Waals surface area contributed by atoms with Gasteiger partial charge in [0.05, 0.1) is 6.54 Å². The number of nitrogens with zero attached hydrogens (tertiary/aromatic N) is 1. The highest BCUT2D eigenvalue weighted by Crippen LogP contribution is 2.59. The number of benzene rings is 1. The van der Waals surface area contributed by atoms with Gasteiger partial charge in [-0.1, -0.05) is 24.3 Å². The first-order chi connectivity index (χ1) is 11.1. The van der Waals surface area contributed by atoms with E-state index in [0.29, 0.717) is 24.3 Å². The Morgan fingerprint density at radius 2 is 2.13 bits per heavy atom. The average Bonchev–Trinajstić information content (AvgIpc) is 3.27.